The van der Waals surface area contributed by atoms with Gasteiger partial charge in [-0.3, -0.25) is 0 Å². The Morgan fingerprint density at radius 3 is 2.46 bits per heavy atom. The highest BCUT2D eigenvalue weighted by Gasteiger charge is 2.35. The van der Waals surface area contributed by atoms with Crippen LogP contribution < -0.4 is 9.47 Å². The molecule has 0 aliphatic carbocycles. The normalized spacial score (nSPS) is 18.3. The van der Waals surface area contributed by atoms with Gasteiger partial charge in [0.05, 0.1) is 0 Å². The molecule has 0 saturated carbocycles. The highest BCUT2D eigenvalue weighted by molar-refractivity contribution is 5.76. The van der Waals surface area contributed by atoms with Crippen molar-refractivity contribution in [3.63, 3.8) is 0 Å². The largest absolute Gasteiger partial charge is 0.482 e. The van der Waals surface area contributed by atoms with Gasteiger partial charge in [-0.05, 0) is 31.2 Å². The quantitative estimate of drug-likeness (QED) is 0.667. The van der Waals surface area contributed by atoms with Crippen LogP contribution in [0.2, 0.25) is 0 Å². The van der Waals surface area contributed by atoms with E-state index in [9.17, 15) is 4.79 Å². The van der Waals surface area contributed by atoms with Gasteiger partial charge in [0.1, 0.15) is 6.10 Å². The zero-order chi connectivity index (χ0) is 17.9. The standard InChI is InChI=1S/C19H16N2O5/c1-12-17(25-15-10-6-5-9-14(15)24-12)19(22)23-11-16-20-21-18(26-16)13-7-3-2-4-8-13/h2-10,12,17H,11H2,1H3/t12-,17-/m0/s1. The monoisotopic (exact) mass is 352 g/mol. The van der Waals surface area contributed by atoms with Gasteiger partial charge in [-0.25, -0.2) is 4.79 Å². The molecule has 132 valence electrons. The van der Waals surface area contributed by atoms with Gasteiger partial charge < -0.3 is 18.6 Å². The maximum Gasteiger partial charge on any atom is 0.351 e. The average Bonchev–Trinajstić information content (AvgIpc) is 3.15. The van der Waals surface area contributed by atoms with E-state index < -0.39 is 18.2 Å². The summed E-state index contributed by atoms with van der Waals surface area (Å²) in [7, 11) is 0. The first-order valence-electron chi connectivity index (χ1n) is 8.17. The summed E-state index contributed by atoms with van der Waals surface area (Å²) in [5.74, 6) is 1.15. The smallest absolute Gasteiger partial charge is 0.351 e. The van der Waals surface area contributed by atoms with E-state index in [1.54, 1.807) is 19.1 Å². The molecule has 0 spiro atoms. The summed E-state index contributed by atoms with van der Waals surface area (Å²) >= 11 is 0. The van der Waals surface area contributed by atoms with Gasteiger partial charge in [0, 0.05) is 5.56 Å². The van der Waals surface area contributed by atoms with Crippen molar-refractivity contribution in [2.75, 3.05) is 0 Å². The van der Waals surface area contributed by atoms with Gasteiger partial charge in [-0.15, -0.1) is 10.2 Å². The van der Waals surface area contributed by atoms with Crippen LogP contribution in [0.5, 0.6) is 11.5 Å². The summed E-state index contributed by atoms with van der Waals surface area (Å²) in [4.78, 5) is 12.4. The van der Waals surface area contributed by atoms with Gasteiger partial charge in [-0.2, -0.15) is 0 Å². The Labute approximate surface area is 149 Å². The van der Waals surface area contributed by atoms with E-state index in [1.165, 1.54) is 0 Å². The second-order valence-corrected chi connectivity index (χ2v) is 5.78. The van der Waals surface area contributed by atoms with Crippen LogP contribution in [-0.2, 0) is 16.1 Å². The Bertz CT molecular complexity index is 909. The molecule has 1 aliphatic rings. The lowest BCUT2D eigenvalue weighted by molar-refractivity contribution is -0.159. The lowest BCUT2D eigenvalue weighted by atomic mass is 10.2. The molecule has 4 rings (SSSR count). The molecule has 2 aromatic carbocycles. The molecular formula is C19H16N2O5. The number of esters is 1. The Kier molecular flexibility index (Phi) is 4.27. The molecule has 1 aliphatic heterocycles. The van der Waals surface area contributed by atoms with Crippen molar-refractivity contribution < 1.29 is 23.4 Å². The molecule has 0 bridgehead atoms. The van der Waals surface area contributed by atoms with Crippen molar-refractivity contribution in [1.29, 1.82) is 0 Å². The van der Waals surface area contributed by atoms with E-state index in [0.29, 0.717) is 17.4 Å². The van der Waals surface area contributed by atoms with Crippen molar-refractivity contribution in [3.05, 3.63) is 60.5 Å². The number of para-hydroxylation sites is 2. The molecule has 0 radical (unpaired) electrons. The van der Waals surface area contributed by atoms with Crippen molar-refractivity contribution in [2.45, 2.75) is 25.7 Å². The molecule has 0 amide bonds. The number of ether oxygens (including phenoxy) is 3. The predicted octanol–water partition coefficient (Wildman–Crippen LogP) is 3.01. The number of hydrogen-bond acceptors (Lipinski definition) is 7. The highest BCUT2D eigenvalue weighted by Crippen LogP contribution is 2.33. The number of aromatic nitrogens is 2. The fraction of sp³-hybridized carbons (Fsp3) is 0.211. The Morgan fingerprint density at radius 2 is 1.69 bits per heavy atom. The number of hydrogen-bond donors (Lipinski definition) is 0. The average molecular weight is 352 g/mol. The summed E-state index contributed by atoms with van der Waals surface area (Å²) < 4.78 is 22.2. The number of rotatable bonds is 4. The fourth-order valence-electron chi connectivity index (χ4n) is 2.60. The third kappa shape index (κ3) is 3.23. The minimum atomic E-state index is -0.860. The van der Waals surface area contributed by atoms with Gasteiger partial charge in [0.15, 0.2) is 18.1 Å². The fourth-order valence-corrected chi connectivity index (χ4v) is 2.60. The van der Waals surface area contributed by atoms with E-state index >= 15 is 0 Å². The Morgan fingerprint density at radius 1 is 1.00 bits per heavy atom. The SMILES string of the molecule is C[C@@H]1Oc2ccccc2O[C@@H]1C(=O)OCc1nnc(-c2ccccc2)o1. The third-order valence-corrected chi connectivity index (χ3v) is 3.90. The van der Waals surface area contributed by atoms with Crippen LogP contribution in [0.4, 0.5) is 0 Å². The zero-order valence-corrected chi connectivity index (χ0v) is 14.0. The summed E-state index contributed by atoms with van der Waals surface area (Å²) in [6.07, 6.45) is -1.33. The molecule has 7 nitrogen and oxygen atoms in total. The molecule has 0 saturated heterocycles. The molecule has 0 fully saturated rings. The lowest BCUT2D eigenvalue weighted by Crippen LogP contribution is -2.44. The number of fused-ring (bicyclic) bond motifs is 1. The molecule has 3 aromatic rings. The van der Waals surface area contributed by atoms with Crippen molar-refractivity contribution in [1.82, 2.24) is 10.2 Å². The van der Waals surface area contributed by atoms with Crippen LogP contribution in [0.15, 0.2) is 59.0 Å². The van der Waals surface area contributed by atoms with Crippen LogP contribution in [0.3, 0.4) is 0 Å². The molecule has 26 heavy (non-hydrogen) atoms. The van der Waals surface area contributed by atoms with Gasteiger partial charge >= 0.3 is 5.97 Å². The van der Waals surface area contributed by atoms with Crippen LogP contribution in [0.1, 0.15) is 12.8 Å². The molecule has 1 aromatic heterocycles. The van der Waals surface area contributed by atoms with Crippen LogP contribution >= 0.6 is 0 Å². The first-order valence-corrected chi connectivity index (χ1v) is 8.17. The zero-order valence-electron chi connectivity index (χ0n) is 14.0. The van der Waals surface area contributed by atoms with E-state index in [2.05, 4.69) is 10.2 Å². The topological polar surface area (TPSA) is 83.7 Å². The summed E-state index contributed by atoms with van der Waals surface area (Å²) in [6.45, 7) is 1.62. The number of nitrogens with zero attached hydrogens (tertiary/aromatic N) is 2. The van der Waals surface area contributed by atoms with Crippen LogP contribution in [0.25, 0.3) is 11.5 Å². The minimum Gasteiger partial charge on any atom is -0.482 e. The summed E-state index contributed by atoms with van der Waals surface area (Å²) in [6, 6.07) is 16.5. The van der Waals surface area contributed by atoms with Crippen molar-refractivity contribution in [2.24, 2.45) is 0 Å². The Balaban J connectivity index is 1.39. The molecule has 0 N–H and O–H groups in total. The van der Waals surface area contributed by atoms with Crippen molar-refractivity contribution in [3.8, 4) is 23.0 Å². The second kappa shape index (κ2) is 6.87. The molecule has 2 heterocycles. The first-order chi connectivity index (χ1) is 12.7. The first kappa shape index (κ1) is 16.1. The van der Waals surface area contributed by atoms with E-state index in [0.717, 1.165) is 5.56 Å². The minimum absolute atomic E-state index is 0.132. The Hall–Kier alpha value is -3.35. The van der Waals surface area contributed by atoms with Gasteiger partial charge in [-0.1, -0.05) is 30.3 Å². The summed E-state index contributed by atoms with van der Waals surface area (Å²) in [5, 5.41) is 7.86. The lowest BCUT2D eigenvalue weighted by Gasteiger charge is -2.30. The molecule has 2 atom stereocenters. The highest BCUT2D eigenvalue weighted by atomic mass is 16.6. The third-order valence-electron chi connectivity index (χ3n) is 3.90. The number of benzene rings is 2. The van der Waals surface area contributed by atoms with E-state index in [4.69, 9.17) is 18.6 Å². The van der Waals surface area contributed by atoms with Gasteiger partial charge in [0.2, 0.25) is 12.0 Å². The maximum absolute atomic E-state index is 12.4. The second-order valence-electron chi connectivity index (χ2n) is 5.78. The molecule has 7 heteroatoms. The summed E-state index contributed by atoms with van der Waals surface area (Å²) in [5.41, 5.74) is 0.798. The molecule has 0 unspecified atom stereocenters. The van der Waals surface area contributed by atoms with Gasteiger partial charge in [0.25, 0.3) is 5.89 Å². The van der Waals surface area contributed by atoms with E-state index in [-0.39, 0.29) is 12.5 Å². The van der Waals surface area contributed by atoms with Crippen molar-refractivity contribution >= 4 is 5.97 Å². The van der Waals surface area contributed by atoms with Crippen LogP contribution in [-0.4, -0.2) is 28.4 Å². The number of carbonyl (C=O) groups is 1. The predicted molar refractivity (Wildman–Crippen MR) is 90.5 cm³/mol. The number of carbonyl (C=O) groups excluding carboxylic acids is 1. The van der Waals surface area contributed by atoms with Crippen LogP contribution in [0, 0.1) is 0 Å². The maximum atomic E-state index is 12.4. The molecular weight excluding hydrogens is 336 g/mol. The van der Waals surface area contributed by atoms with E-state index in [1.807, 2.05) is 42.5 Å².